The number of nitrogen functional groups attached to an aromatic ring is 1. The van der Waals surface area contributed by atoms with Crippen molar-refractivity contribution in [3.05, 3.63) is 24.0 Å². The molecule has 1 atom stereocenters. The maximum absolute atomic E-state index is 13.5. The summed E-state index contributed by atoms with van der Waals surface area (Å²) in [5.41, 5.74) is 5.96. The van der Waals surface area contributed by atoms with Crippen molar-refractivity contribution in [2.24, 2.45) is 0 Å². The minimum Gasteiger partial charge on any atom is -0.399 e. The van der Waals surface area contributed by atoms with Crippen LogP contribution in [0.5, 0.6) is 0 Å². The molecule has 0 bridgehead atoms. The van der Waals surface area contributed by atoms with Crippen molar-refractivity contribution in [3.63, 3.8) is 0 Å². The largest absolute Gasteiger partial charge is 0.399 e. The Morgan fingerprint density at radius 1 is 1.47 bits per heavy atom. The molecule has 2 nitrogen and oxygen atoms in total. The number of thioether (sulfide) groups is 1. The van der Waals surface area contributed by atoms with Crippen molar-refractivity contribution < 1.29 is 9.13 Å². The second-order valence-corrected chi connectivity index (χ2v) is 4.99. The number of hydrogen-bond acceptors (Lipinski definition) is 3. The van der Waals surface area contributed by atoms with Gasteiger partial charge < -0.3 is 10.5 Å². The first-order valence-corrected chi connectivity index (χ1v) is 5.93. The van der Waals surface area contributed by atoms with Gasteiger partial charge in [-0.2, -0.15) is 0 Å². The minimum absolute atomic E-state index is 0.231. The molecular weight excluding hydrogens is 213 g/mol. The second-order valence-electron chi connectivity index (χ2n) is 3.65. The first-order valence-electron chi connectivity index (χ1n) is 5.05. The van der Waals surface area contributed by atoms with Crippen LogP contribution in [0.3, 0.4) is 0 Å². The van der Waals surface area contributed by atoms with Crippen molar-refractivity contribution in [2.45, 2.75) is 23.0 Å². The number of ether oxygens (including phenoxy) is 1. The van der Waals surface area contributed by atoms with Crippen LogP contribution in [0, 0.1) is 5.82 Å². The molecule has 0 aromatic heterocycles. The molecule has 82 valence electrons. The fourth-order valence-corrected chi connectivity index (χ4v) is 2.72. The van der Waals surface area contributed by atoms with E-state index in [0.717, 1.165) is 19.4 Å². The fourth-order valence-electron chi connectivity index (χ4n) is 1.60. The van der Waals surface area contributed by atoms with Crippen LogP contribution in [0.1, 0.15) is 12.8 Å². The Kier molecular flexibility index (Phi) is 3.49. The summed E-state index contributed by atoms with van der Waals surface area (Å²) in [5.74, 6) is -0.231. The Hall–Kier alpha value is -0.740. The van der Waals surface area contributed by atoms with E-state index < -0.39 is 0 Å². The van der Waals surface area contributed by atoms with E-state index in [2.05, 4.69) is 0 Å². The van der Waals surface area contributed by atoms with E-state index in [1.807, 2.05) is 0 Å². The third-order valence-corrected chi connectivity index (χ3v) is 3.66. The van der Waals surface area contributed by atoms with E-state index in [1.54, 1.807) is 23.9 Å². The summed E-state index contributed by atoms with van der Waals surface area (Å²) in [7, 11) is 0. The molecular formula is C11H14FNOS. The molecule has 0 aliphatic carbocycles. The predicted octanol–water partition coefficient (Wildman–Crippen LogP) is 2.68. The summed E-state index contributed by atoms with van der Waals surface area (Å²) in [4.78, 5) is 0.666. The minimum atomic E-state index is -0.231. The van der Waals surface area contributed by atoms with Gasteiger partial charge in [0, 0.05) is 22.4 Å². The van der Waals surface area contributed by atoms with E-state index in [9.17, 15) is 4.39 Å². The summed E-state index contributed by atoms with van der Waals surface area (Å²) < 4.78 is 18.8. The molecule has 1 fully saturated rings. The maximum Gasteiger partial charge on any atom is 0.138 e. The van der Waals surface area contributed by atoms with Crippen LogP contribution in [0.25, 0.3) is 0 Å². The number of halogens is 1. The third kappa shape index (κ3) is 2.86. The van der Waals surface area contributed by atoms with Gasteiger partial charge >= 0.3 is 0 Å². The highest BCUT2D eigenvalue weighted by atomic mass is 32.2. The van der Waals surface area contributed by atoms with E-state index in [0.29, 0.717) is 22.4 Å². The van der Waals surface area contributed by atoms with E-state index in [4.69, 9.17) is 10.5 Å². The first kappa shape index (κ1) is 10.8. The van der Waals surface area contributed by atoms with Crippen LogP contribution in [0.4, 0.5) is 10.1 Å². The summed E-state index contributed by atoms with van der Waals surface area (Å²) >= 11 is 1.54. The average molecular weight is 227 g/mol. The van der Waals surface area contributed by atoms with Crippen LogP contribution >= 0.6 is 11.8 Å². The van der Waals surface area contributed by atoms with Gasteiger partial charge in [0.2, 0.25) is 0 Å². The molecule has 1 heterocycles. The van der Waals surface area contributed by atoms with Gasteiger partial charge in [0.05, 0.1) is 6.61 Å². The molecule has 1 aromatic carbocycles. The molecule has 0 spiro atoms. The van der Waals surface area contributed by atoms with Gasteiger partial charge in [-0.25, -0.2) is 4.39 Å². The van der Waals surface area contributed by atoms with E-state index in [-0.39, 0.29) is 5.82 Å². The summed E-state index contributed by atoms with van der Waals surface area (Å²) in [6.07, 6.45) is 2.16. The lowest BCUT2D eigenvalue weighted by atomic mass is 10.2. The normalized spacial score (nSPS) is 21.5. The van der Waals surface area contributed by atoms with Crippen molar-refractivity contribution in [1.29, 1.82) is 0 Å². The van der Waals surface area contributed by atoms with Crippen LogP contribution in [-0.2, 0) is 4.74 Å². The molecule has 1 aliphatic rings. The molecule has 0 radical (unpaired) electrons. The van der Waals surface area contributed by atoms with Gasteiger partial charge in [-0.05, 0) is 31.0 Å². The van der Waals surface area contributed by atoms with Gasteiger partial charge in [-0.15, -0.1) is 11.8 Å². The summed E-state index contributed by atoms with van der Waals surface area (Å²) in [6.45, 7) is 1.55. The molecule has 0 amide bonds. The molecule has 4 heteroatoms. The molecule has 2 rings (SSSR count). The third-order valence-electron chi connectivity index (χ3n) is 2.37. The van der Waals surface area contributed by atoms with Crippen LogP contribution in [0.2, 0.25) is 0 Å². The quantitative estimate of drug-likeness (QED) is 0.789. The lowest BCUT2D eigenvalue weighted by Crippen LogP contribution is -2.19. The first-order chi connectivity index (χ1) is 7.25. The topological polar surface area (TPSA) is 35.2 Å². The average Bonchev–Trinajstić information content (AvgIpc) is 2.24. The predicted molar refractivity (Wildman–Crippen MR) is 60.5 cm³/mol. The SMILES string of the molecule is Nc1ccc(SC2CCCOC2)c(F)c1. The number of anilines is 1. The zero-order valence-corrected chi connectivity index (χ0v) is 9.23. The molecule has 1 saturated heterocycles. The Bertz CT molecular complexity index is 339. The van der Waals surface area contributed by atoms with Gasteiger partial charge in [-0.3, -0.25) is 0 Å². The summed E-state index contributed by atoms with van der Waals surface area (Å²) in [5, 5.41) is 0.372. The highest BCUT2D eigenvalue weighted by Crippen LogP contribution is 2.31. The number of nitrogens with two attached hydrogens (primary N) is 1. The lowest BCUT2D eigenvalue weighted by Gasteiger charge is -2.21. The lowest BCUT2D eigenvalue weighted by molar-refractivity contribution is 0.101. The van der Waals surface area contributed by atoms with Gasteiger partial charge in [0.25, 0.3) is 0 Å². The highest BCUT2D eigenvalue weighted by Gasteiger charge is 2.16. The van der Waals surface area contributed by atoms with Crippen molar-refractivity contribution >= 4 is 17.4 Å². The monoisotopic (exact) mass is 227 g/mol. The molecule has 1 aromatic rings. The second kappa shape index (κ2) is 4.86. The molecule has 1 unspecified atom stereocenters. The number of hydrogen-bond donors (Lipinski definition) is 1. The van der Waals surface area contributed by atoms with Crippen molar-refractivity contribution in [1.82, 2.24) is 0 Å². The zero-order valence-electron chi connectivity index (χ0n) is 8.41. The van der Waals surface area contributed by atoms with E-state index in [1.165, 1.54) is 6.07 Å². The molecule has 0 saturated carbocycles. The van der Waals surface area contributed by atoms with Crippen LogP contribution in [0.15, 0.2) is 23.1 Å². The maximum atomic E-state index is 13.5. The highest BCUT2D eigenvalue weighted by molar-refractivity contribution is 8.00. The number of rotatable bonds is 2. The van der Waals surface area contributed by atoms with Crippen molar-refractivity contribution in [3.8, 4) is 0 Å². The number of benzene rings is 1. The molecule has 2 N–H and O–H groups in total. The fraction of sp³-hybridized carbons (Fsp3) is 0.455. The zero-order chi connectivity index (χ0) is 10.7. The van der Waals surface area contributed by atoms with Crippen molar-refractivity contribution in [2.75, 3.05) is 18.9 Å². The smallest absolute Gasteiger partial charge is 0.138 e. The summed E-state index contributed by atoms with van der Waals surface area (Å²) in [6, 6.07) is 4.84. The van der Waals surface area contributed by atoms with Crippen LogP contribution < -0.4 is 5.73 Å². The molecule has 1 aliphatic heterocycles. The van der Waals surface area contributed by atoms with Gasteiger partial charge in [-0.1, -0.05) is 0 Å². The Morgan fingerprint density at radius 2 is 2.33 bits per heavy atom. The van der Waals surface area contributed by atoms with Gasteiger partial charge in [0.15, 0.2) is 0 Å². The Labute approximate surface area is 93.0 Å². The Balaban J connectivity index is 2.03. The van der Waals surface area contributed by atoms with E-state index >= 15 is 0 Å². The van der Waals surface area contributed by atoms with Crippen LogP contribution in [-0.4, -0.2) is 18.5 Å². The molecule has 15 heavy (non-hydrogen) atoms. The van der Waals surface area contributed by atoms with Gasteiger partial charge in [0.1, 0.15) is 5.82 Å². The Morgan fingerprint density at radius 3 is 3.00 bits per heavy atom. The standard InChI is InChI=1S/C11H14FNOS/c12-10-6-8(13)3-4-11(10)15-9-2-1-5-14-7-9/h3-4,6,9H,1-2,5,7,13H2.